The minimum absolute atomic E-state index is 0.238. The molecule has 1 heterocycles. The smallest absolute Gasteiger partial charge is 0.130 e. The van der Waals surface area contributed by atoms with E-state index in [1.165, 1.54) is 18.6 Å². The van der Waals surface area contributed by atoms with Gasteiger partial charge in [-0.2, -0.15) is 0 Å². The summed E-state index contributed by atoms with van der Waals surface area (Å²) in [7, 11) is 0. The Morgan fingerprint density at radius 3 is 3.00 bits per heavy atom. The molecule has 3 rings (SSSR count). The van der Waals surface area contributed by atoms with Gasteiger partial charge in [-0.1, -0.05) is 26.7 Å². The molecule has 0 saturated heterocycles. The number of fused-ring (bicyclic) bond motifs is 1. The van der Waals surface area contributed by atoms with E-state index in [9.17, 15) is 4.39 Å². The molecule has 2 unspecified atom stereocenters. The maximum atomic E-state index is 13.5. The fourth-order valence-electron chi connectivity index (χ4n) is 3.73. The molecule has 2 aromatic rings. The van der Waals surface area contributed by atoms with E-state index in [0.717, 1.165) is 49.1 Å². The fourth-order valence-corrected chi connectivity index (χ4v) is 3.73. The number of nitrogens with two attached hydrogens (primary N) is 1. The van der Waals surface area contributed by atoms with Crippen LogP contribution in [0.15, 0.2) is 18.2 Å². The third-order valence-electron chi connectivity index (χ3n) is 4.64. The van der Waals surface area contributed by atoms with Crippen LogP contribution in [0.4, 0.5) is 4.39 Å². The van der Waals surface area contributed by atoms with Gasteiger partial charge in [0.2, 0.25) is 0 Å². The van der Waals surface area contributed by atoms with Crippen LogP contribution < -0.4 is 5.73 Å². The van der Waals surface area contributed by atoms with E-state index in [2.05, 4.69) is 18.4 Å². The van der Waals surface area contributed by atoms with Crippen LogP contribution >= 0.6 is 0 Å². The van der Waals surface area contributed by atoms with Crippen molar-refractivity contribution in [3.63, 3.8) is 0 Å². The molecule has 2 N–H and O–H groups in total. The summed E-state index contributed by atoms with van der Waals surface area (Å²) in [5.41, 5.74) is 8.07. The predicted octanol–water partition coefficient (Wildman–Crippen LogP) is 3.95. The number of halogens is 1. The number of rotatable bonds is 3. The maximum Gasteiger partial charge on any atom is 0.130 e. The normalized spacial score (nSPS) is 26.4. The van der Waals surface area contributed by atoms with Crippen LogP contribution in [0.1, 0.15) is 51.8 Å². The molecule has 21 heavy (non-hydrogen) atoms. The fraction of sp³-hybridized carbons (Fsp3) is 0.588. The van der Waals surface area contributed by atoms with Crippen LogP contribution in [0.25, 0.3) is 11.0 Å². The topological polar surface area (TPSA) is 43.8 Å². The first kappa shape index (κ1) is 14.5. The third-order valence-corrected chi connectivity index (χ3v) is 4.64. The minimum atomic E-state index is -0.373. The second-order valence-electron chi connectivity index (χ2n) is 6.58. The molecule has 1 aromatic carbocycles. The van der Waals surface area contributed by atoms with Gasteiger partial charge in [-0.05, 0) is 37.3 Å². The average molecular weight is 289 g/mol. The van der Waals surface area contributed by atoms with Crippen LogP contribution in [-0.2, 0) is 12.1 Å². The molecule has 0 amide bonds. The molecule has 114 valence electrons. The highest BCUT2D eigenvalue weighted by atomic mass is 19.1. The molecular formula is C17H24FN3. The molecular weight excluding hydrogens is 265 g/mol. The van der Waals surface area contributed by atoms with Gasteiger partial charge in [0, 0.05) is 12.6 Å². The molecule has 0 aliphatic heterocycles. The Kier molecular flexibility index (Phi) is 3.74. The van der Waals surface area contributed by atoms with Crippen molar-refractivity contribution in [2.75, 3.05) is 0 Å². The number of nitrogens with zero attached hydrogens (tertiary/aromatic N) is 2. The van der Waals surface area contributed by atoms with Crippen molar-refractivity contribution in [1.82, 2.24) is 9.55 Å². The van der Waals surface area contributed by atoms with Crippen LogP contribution in [0.2, 0.25) is 0 Å². The largest absolute Gasteiger partial charge is 0.326 e. The molecule has 3 nitrogen and oxygen atoms in total. The summed E-state index contributed by atoms with van der Waals surface area (Å²) in [6, 6.07) is 4.85. The molecule has 1 fully saturated rings. The van der Waals surface area contributed by atoms with Gasteiger partial charge in [0.15, 0.2) is 0 Å². The van der Waals surface area contributed by atoms with Gasteiger partial charge in [-0.15, -0.1) is 0 Å². The summed E-state index contributed by atoms with van der Waals surface area (Å²) in [6.45, 7) is 5.28. The number of hydrogen-bond donors (Lipinski definition) is 1. The van der Waals surface area contributed by atoms with Gasteiger partial charge >= 0.3 is 0 Å². The van der Waals surface area contributed by atoms with Gasteiger partial charge in [-0.3, -0.25) is 0 Å². The van der Waals surface area contributed by atoms with Crippen LogP contribution in [-0.4, -0.2) is 9.55 Å². The molecule has 1 aliphatic rings. The van der Waals surface area contributed by atoms with Crippen LogP contribution in [0, 0.1) is 11.7 Å². The average Bonchev–Trinajstić information content (AvgIpc) is 2.78. The van der Waals surface area contributed by atoms with E-state index in [4.69, 9.17) is 10.7 Å². The Hall–Kier alpha value is -1.42. The molecule has 0 bridgehead atoms. The van der Waals surface area contributed by atoms with Gasteiger partial charge in [0.25, 0.3) is 0 Å². The van der Waals surface area contributed by atoms with Crippen molar-refractivity contribution in [3.05, 3.63) is 29.8 Å². The number of aromatic nitrogens is 2. The molecule has 1 aromatic heterocycles. The highest BCUT2D eigenvalue weighted by Gasteiger charge is 2.37. The molecule has 2 atom stereocenters. The van der Waals surface area contributed by atoms with E-state index in [1.807, 2.05) is 6.07 Å². The highest BCUT2D eigenvalue weighted by Crippen LogP contribution is 2.38. The standard InChI is InChI=1S/C17H24FN3/c1-3-9-21-15-7-6-13(18)10-14(15)20-16(21)17(19)8-4-5-12(2)11-17/h6-7,10,12H,3-5,8-9,11,19H2,1-2H3. The van der Waals surface area contributed by atoms with Crippen LogP contribution in [0.3, 0.4) is 0 Å². The Labute approximate surface area is 125 Å². The van der Waals surface area contributed by atoms with E-state index >= 15 is 0 Å². The Morgan fingerprint density at radius 2 is 2.29 bits per heavy atom. The molecule has 1 aliphatic carbocycles. The van der Waals surface area contributed by atoms with Gasteiger partial charge in [0.05, 0.1) is 16.6 Å². The minimum Gasteiger partial charge on any atom is -0.326 e. The lowest BCUT2D eigenvalue weighted by Crippen LogP contribution is -2.43. The van der Waals surface area contributed by atoms with Gasteiger partial charge < -0.3 is 10.3 Å². The third kappa shape index (κ3) is 2.57. The lowest BCUT2D eigenvalue weighted by Gasteiger charge is -2.36. The van der Waals surface area contributed by atoms with Crippen molar-refractivity contribution in [3.8, 4) is 0 Å². The van der Waals surface area contributed by atoms with Crippen LogP contribution in [0.5, 0.6) is 0 Å². The first-order chi connectivity index (χ1) is 10.0. The zero-order valence-corrected chi connectivity index (χ0v) is 12.9. The summed E-state index contributed by atoms with van der Waals surface area (Å²) in [4.78, 5) is 4.72. The number of aryl methyl sites for hydroxylation is 1. The molecule has 0 radical (unpaired) electrons. The quantitative estimate of drug-likeness (QED) is 0.929. The Morgan fingerprint density at radius 1 is 1.48 bits per heavy atom. The summed E-state index contributed by atoms with van der Waals surface area (Å²) in [5, 5.41) is 0. The molecule has 0 spiro atoms. The van der Waals surface area contributed by atoms with Gasteiger partial charge in [0.1, 0.15) is 11.6 Å². The summed E-state index contributed by atoms with van der Waals surface area (Å²) in [6.07, 6.45) is 5.32. The van der Waals surface area contributed by atoms with E-state index in [1.54, 1.807) is 0 Å². The molecule has 1 saturated carbocycles. The lowest BCUT2D eigenvalue weighted by molar-refractivity contribution is 0.222. The second kappa shape index (κ2) is 5.41. The number of imidazole rings is 1. The van der Waals surface area contributed by atoms with Crippen molar-refractivity contribution in [1.29, 1.82) is 0 Å². The summed E-state index contributed by atoms with van der Waals surface area (Å²) < 4.78 is 15.7. The van der Waals surface area contributed by atoms with Gasteiger partial charge in [-0.25, -0.2) is 9.37 Å². The Bertz CT molecular complexity index is 649. The zero-order valence-electron chi connectivity index (χ0n) is 12.9. The second-order valence-corrected chi connectivity index (χ2v) is 6.58. The summed E-state index contributed by atoms with van der Waals surface area (Å²) >= 11 is 0. The maximum absolute atomic E-state index is 13.5. The summed E-state index contributed by atoms with van der Waals surface area (Å²) in [5.74, 6) is 1.32. The predicted molar refractivity (Wildman–Crippen MR) is 83.5 cm³/mol. The Balaban J connectivity index is 2.14. The lowest BCUT2D eigenvalue weighted by atomic mass is 9.76. The molecule has 4 heteroatoms. The van der Waals surface area contributed by atoms with E-state index in [0.29, 0.717) is 5.92 Å². The SMILES string of the molecule is CCCn1c(C2(N)CCCC(C)C2)nc2cc(F)ccc21. The van der Waals surface area contributed by atoms with E-state index < -0.39 is 0 Å². The highest BCUT2D eigenvalue weighted by molar-refractivity contribution is 5.76. The van der Waals surface area contributed by atoms with Crippen molar-refractivity contribution < 1.29 is 4.39 Å². The monoisotopic (exact) mass is 289 g/mol. The van der Waals surface area contributed by atoms with Crippen molar-refractivity contribution in [2.24, 2.45) is 11.7 Å². The van der Waals surface area contributed by atoms with Crippen molar-refractivity contribution >= 4 is 11.0 Å². The number of benzene rings is 1. The number of hydrogen-bond acceptors (Lipinski definition) is 2. The first-order valence-corrected chi connectivity index (χ1v) is 7.98. The zero-order chi connectivity index (χ0) is 15.0. The first-order valence-electron chi connectivity index (χ1n) is 7.98. The van der Waals surface area contributed by atoms with E-state index in [-0.39, 0.29) is 11.4 Å². The van der Waals surface area contributed by atoms with Crippen molar-refractivity contribution in [2.45, 2.75) is 58.0 Å².